The van der Waals surface area contributed by atoms with Crippen LogP contribution in [0.15, 0.2) is 46.2 Å². The van der Waals surface area contributed by atoms with Gasteiger partial charge in [-0.05, 0) is 57.2 Å². The van der Waals surface area contributed by atoms with Crippen molar-refractivity contribution < 1.29 is 31.8 Å². The number of sulfonamides is 1. The number of halogens is 2. The fraction of sp³-hybridized carbons (Fsp3) is 0.500. The minimum Gasteiger partial charge on any atom is -0.497 e. The standard InChI is InChI=1S/C26H31F2N5O6S/c1-26(35)10-4-7-21(26)33-22-16(13-20(23(33)34)39-24(27)28)15-29-25(31-22)30-17-8-11-32(12-9-17)40(36,37)19-6-3-5-18(14-19)38-2/h3,5-6,13-15,17,21,24,35H,4,7-12H2,1-2H3,(H,29,30,31)/t21-,26-/m1/s1. The summed E-state index contributed by atoms with van der Waals surface area (Å²) in [6.07, 6.45) is 3.93. The highest BCUT2D eigenvalue weighted by Gasteiger charge is 2.40. The Bertz CT molecular complexity index is 1560. The van der Waals surface area contributed by atoms with Crippen LogP contribution in [-0.4, -0.2) is 70.8 Å². The molecule has 14 heteroatoms. The fourth-order valence-electron chi connectivity index (χ4n) is 5.51. The number of pyridine rings is 1. The lowest BCUT2D eigenvalue weighted by atomic mass is 10.00. The molecular formula is C26H31F2N5O6S. The van der Waals surface area contributed by atoms with Gasteiger partial charge in [-0.25, -0.2) is 13.4 Å². The summed E-state index contributed by atoms with van der Waals surface area (Å²) in [4.78, 5) is 22.2. The van der Waals surface area contributed by atoms with Gasteiger partial charge in [-0.2, -0.15) is 18.1 Å². The van der Waals surface area contributed by atoms with Gasteiger partial charge in [0.25, 0.3) is 5.56 Å². The highest BCUT2D eigenvalue weighted by molar-refractivity contribution is 7.89. The van der Waals surface area contributed by atoms with E-state index in [0.29, 0.717) is 43.2 Å². The highest BCUT2D eigenvalue weighted by atomic mass is 32.2. The minimum absolute atomic E-state index is 0.148. The number of hydrogen-bond acceptors (Lipinski definition) is 9. The number of aromatic nitrogens is 3. The van der Waals surface area contributed by atoms with Crippen LogP contribution < -0.4 is 20.3 Å². The molecule has 0 radical (unpaired) electrons. The van der Waals surface area contributed by atoms with Crippen LogP contribution in [0, 0.1) is 0 Å². The summed E-state index contributed by atoms with van der Waals surface area (Å²) < 4.78 is 64.6. The molecule has 1 aromatic carbocycles. The van der Waals surface area contributed by atoms with Gasteiger partial charge in [0.15, 0.2) is 5.75 Å². The number of fused-ring (bicyclic) bond motifs is 1. The number of alkyl halides is 2. The first-order valence-corrected chi connectivity index (χ1v) is 14.4. The number of ether oxygens (including phenoxy) is 2. The monoisotopic (exact) mass is 579 g/mol. The van der Waals surface area contributed by atoms with Crippen LogP contribution in [0.4, 0.5) is 14.7 Å². The number of anilines is 1. The molecule has 1 aliphatic carbocycles. The molecule has 216 valence electrons. The summed E-state index contributed by atoms with van der Waals surface area (Å²) in [5.41, 5.74) is -1.85. The molecule has 5 rings (SSSR count). The molecule has 2 fully saturated rings. The van der Waals surface area contributed by atoms with Crippen LogP contribution in [0.25, 0.3) is 11.0 Å². The second kappa shape index (κ2) is 10.9. The molecule has 11 nitrogen and oxygen atoms in total. The van der Waals surface area contributed by atoms with E-state index in [4.69, 9.17) is 4.74 Å². The quantitative estimate of drug-likeness (QED) is 0.413. The molecule has 1 saturated heterocycles. The first kappa shape index (κ1) is 28.2. The molecule has 2 N–H and O–H groups in total. The highest BCUT2D eigenvalue weighted by Crippen LogP contribution is 2.40. The Labute approximate surface area is 229 Å². The van der Waals surface area contributed by atoms with Crippen molar-refractivity contribution in [1.82, 2.24) is 18.8 Å². The Balaban J connectivity index is 1.38. The van der Waals surface area contributed by atoms with Crippen molar-refractivity contribution in [2.45, 2.75) is 68.2 Å². The lowest BCUT2D eigenvalue weighted by molar-refractivity contribution is -0.0513. The fourth-order valence-corrected chi connectivity index (χ4v) is 7.01. The van der Waals surface area contributed by atoms with E-state index in [1.54, 1.807) is 19.1 Å². The van der Waals surface area contributed by atoms with E-state index >= 15 is 0 Å². The van der Waals surface area contributed by atoms with Gasteiger partial charge in [-0.3, -0.25) is 9.36 Å². The Kier molecular flexibility index (Phi) is 7.68. The smallest absolute Gasteiger partial charge is 0.387 e. The molecule has 0 bridgehead atoms. The van der Waals surface area contributed by atoms with Crippen LogP contribution in [0.1, 0.15) is 45.1 Å². The number of piperidine rings is 1. The molecule has 40 heavy (non-hydrogen) atoms. The molecule has 1 saturated carbocycles. The maximum Gasteiger partial charge on any atom is 0.387 e. The average Bonchev–Trinajstić information content (AvgIpc) is 3.27. The van der Waals surface area contributed by atoms with Crippen molar-refractivity contribution in [3.63, 3.8) is 0 Å². The van der Waals surface area contributed by atoms with Crippen LogP contribution in [0.2, 0.25) is 0 Å². The van der Waals surface area contributed by atoms with Crippen LogP contribution in [-0.2, 0) is 10.0 Å². The minimum atomic E-state index is -3.70. The van der Waals surface area contributed by atoms with Crippen molar-refractivity contribution in [3.05, 3.63) is 46.9 Å². The summed E-state index contributed by atoms with van der Waals surface area (Å²) in [5, 5.41) is 14.5. The summed E-state index contributed by atoms with van der Waals surface area (Å²) in [5.74, 6) is 0.116. The third kappa shape index (κ3) is 5.47. The molecule has 3 aromatic rings. The van der Waals surface area contributed by atoms with E-state index < -0.39 is 39.6 Å². The van der Waals surface area contributed by atoms with Crippen molar-refractivity contribution in [3.8, 4) is 11.5 Å². The number of aliphatic hydroxyl groups is 1. The van der Waals surface area contributed by atoms with E-state index in [2.05, 4.69) is 20.0 Å². The van der Waals surface area contributed by atoms with Crippen molar-refractivity contribution in [2.75, 3.05) is 25.5 Å². The zero-order chi connectivity index (χ0) is 28.7. The Hall–Kier alpha value is -3.36. The van der Waals surface area contributed by atoms with Crippen molar-refractivity contribution in [1.29, 1.82) is 0 Å². The van der Waals surface area contributed by atoms with Crippen molar-refractivity contribution >= 4 is 27.0 Å². The molecule has 0 unspecified atom stereocenters. The summed E-state index contributed by atoms with van der Waals surface area (Å²) in [6, 6.07) is 6.67. The van der Waals surface area contributed by atoms with Gasteiger partial charge in [0.05, 0.1) is 23.6 Å². The van der Waals surface area contributed by atoms with Crippen molar-refractivity contribution in [2.24, 2.45) is 0 Å². The summed E-state index contributed by atoms with van der Waals surface area (Å²) in [6.45, 7) is -1.04. The molecule has 2 aliphatic rings. The molecule has 0 amide bonds. The SMILES string of the molecule is COc1cccc(S(=O)(=O)N2CCC(Nc3ncc4cc(OC(F)F)c(=O)n([C@@H]5CCC[C@@]5(C)O)c4n3)CC2)c1. The topological polar surface area (TPSA) is 136 Å². The Morgan fingerprint density at radius 1 is 1.20 bits per heavy atom. The number of methoxy groups -OCH3 is 1. The second-order valence-corrected chi connectivity index (χ2v) is 12.2. The van der Waals surface area contributed by atoms with Gasteiger partial charge in [-0.15, -0.1) is 0 Å². The van der Waals surface area contributed by atoms with Gasteiger partial charge >= 0.3 is 6.61 Å². The van der Waals surface area contributed by atoms with E-state index in [0.717, 1.165) is 0 Å². The van der Waals surface area contributed by atoms with Crippen LogP contribution in [0.5, 0.6) is 11.5 Å². The number of nitrogens with one attached hydrogen (secondary N) is 1. The number of benzene rings is 1. The molecule has 2 aromatic heterocycles. The first-order chi connectivity index (χ1) is 19.0. The molecule has 0 spiro atoms. The third-order valence-electron chi connectivity index (χ3n) is 7.61. The van der Waals surface area contributed by atoms with Gasteiger partial charge in [-0.1, -0.05) is 6.07 Å². The third-order valence-corrected chi connectivity index (χ3v) is 9.51. The van der Waals surface area contributed by atoms with Gasteiger partial charge < -0.3 is 19.9 Å². The van der Waals surface area contributed by atoms with E-state index in [1.807, 2.05) is 0 Å². The predicted molar refractivity (Wildman–Crippen MR) is 142 cm³/mol. The zero-order valence-corrected chi connectivity index (χ0v) is 22.9. The molecule has 1 aliphatic heterocycles. The normalized spacial score (nSPS) is 22.6. The summed E-state index contributed by atoms with van der Waals surface area (Å²) >= 11 is 0. The van der Waals surface area contributed by atoms with Gasteiger partial charge in [0.1, 0.15) is 11.4 Å². The van der Waals surface area contributed by atoms with E-state index in [9.17, 15) is 27.1 Å². The van der Waals surface area contributed by atoms with E-state index in [1.165, 1.54) is 40.4 Å². The lowest BCUT2D eigenvalue weighted by Crippen LogP contribution is -2.42. The van der Waals surface area contributed by atoms with Crippen LogP contribution >= 0.6 is 0 Å². The number of nitrogens with zero attached hydrogens (tertiary/aromatic N) is 4. The van der Waals surface area contributed by atoms with Gasteiger partial charge in [0.2, 0.25) is 16.0 Å². The summed E-state index contributed by atoms with van der Waals surface area (Å²) in [7, 11) is -2.22. The molecular weight excluding hydrogens is 548 g/mol. The second-order valence-electron chi connectivity index (χ2n) is 10.3. The van der Waals surface area contributed by atoms with E-state index in [-0.39, 0.29) is 35.6 Å². The Morgan fingerprint density at radius 2 is 1.95 bits per heavy atom. The number of rotatable bonds is 8. The van der Waals surface area contributed by atoms with Crippen LogP contribution in [0.3, 0.4) is 0 Å². The molecule has 2 atom stereocenters. The zero-order valence-electron chi connectivity index (χ0n) is 22.1. The predicted octanol–water partition coefficient (Wildman–Crippen LogP) is 3.14. The Morgan fingerprint density at radius 3 is 2.60 bits per heavy atom. The number of hydrogen-bond donors (Lipinski definition) is 2. The largest absolute Gasteiger partial charge is 0.497 e. The molecule has 3 heterocycles. The lowest BCUT2D eigenvalue weighted by Gasteiger charge is -2.32. The maximum absolute atomic E-state index is 13.2. The van der Waals surface area contributed by atoms with Gasteiger partial charge in [0, 0.05) is 36.8 Å². The average molecular weight is 580 g/mol. The maximum atomic E-state index is 13.2. The first-order valence-electron chi connectivity index (χ1n) is 13.0.